The molecule has 1 saturated heterocycles. The van der Waals surface area contributed by atoms with Gasteiger partial charge in [-0.1, -0.05) is 36.4 Å². The highest BCUT2D eigenvalue weighted by molar-refractivity contribution is 8.16. The summed E-state index contributed by atoms with van der Waals surface area (Å²) in [7, 11) is 0. The van der Waals surface area contributed by atoms with E-state index in [0.717, 1.165) is 16.6 Å². The van der Waals surface area contributed by atoms with Gasteiger partial charge in [-0.15, -0.1) is 23.5 Å². The van der Waals surface area contributed by atoms with Crippen LogP contribution in [0.5, 0.6) is 0 Å². The van der Waals surface area contributed by atoms with Crippen molar-refractivity contribution in [2.75, 3.05) is 16.8 Å². The van der Waals surface area contributed by atoms with E-state index in [9.17, 15) is 4.79 Å². The minimum absolute atomic E-state index is 0.174. The van der Waals surface area contributed by atoms with Gasteiger partial charge < -0.3 is 5.32 Å². The zero-order valence-corrected chi connectivity index (χ0v) is 15.3. The number of carbonyl (C=O) groups is 1. The molecule has 0 atom stereocenters. The Labute approximate surface area is 155 Å². The Morgan fingerprint density at radius 3 is 2.72 bits per heavy atom. The molecule has 1 aliphatic rings. The smallest absolute Gasteiger partial charge is 0.274 e. The molecule has 0 bridgehead atoms. The molecule has 3 aromatic rings. The van der Waals surface area contributed by atoms with E-state index in [1.165, 1.54) is 23.5 Å². The monoisotopic (exact) mass is 366 g/mol. The number of rotatable bonds is 3. The third kappa shape index (κ3) is 3.83. The Morgan fingerprint density at radius 1 is 1.00 bits per heavy atom. The summed E-state index contributed by atoms with van der Waals surface area (Å²) in [5.41, 5.74) is 3.35. The highest BCUT2D eigenvalue weighted by Crippen LogP contribution is 2.44. The predicted octanol–water partition coefficient (Wildman–Crippen LogP) is 5.36. The number of nitrogens with zero attached hydrogens (tertiary/aromatic N) is 1. The number of anilines is 1. The lowest BCUT2D eigenvalue weighted by Gasteiger charge is -2.21. The second-order valence-corrected chi connectivity index (χ2v) is 8.62. The molecule has 1 aliphatic heterocycles. The van der Waals surface area contributed by atoms with Crippen molar-refractivity contribution in [3.63, 3.8) is 0 Å². The van der Waals surface area contributed by atoms with Gasteiger partial charge in [0.25, 0.3) is 5.91 Å². The van der Waals surface area contributed by atoms with Gasteiger partial charge in [-0.2, -0.15) is 0 Å². The van der Waals surface area contributed by atoms with E-state index >= 15 is 0 Å². The minimum atomic E-state index is -0.174. The van der Waals surface area contributed by atoms with Crippen molar-refractivity contribution in [1.82, 2.24) is 4.98 Å². The summed E-state index contributed by atoms with van der Waals surface area (Å²) < 4.78 is 0.462. The molecule has 0 saturated carbocycles. The molecule has 0 aliphatic carbocycles. The van der Waals surface area contributed by atoms with Gasteiger partial charge in [0, 0.05) is 11.1 Å². The first-order valence-electron chi connectivity index (χ1n) is 8.30. The summed E-state index contributed by atoms with van der Waals surface area (Å²) in [6, 6.07) is 19.7. The summed E-state index contributed by atoms with van der Waals surface area (Å²) in [5.74, 6) is 2.23. The fraction of sp³-hybridized carbons (Fsp3) is 0.200. The standard InChI is InChI=1S/C20H18N2OS2/c23-19(18-10-9-14-5-1-2-8-17(14)22-18)21-16-7-3-6-15(13-16)20-24-11-4-12-25-20/h1-3,5-10,13,20H,4,11-12H2,(H,21,23). The average Bonchev–Trinajstić information content (AvgIpc) is 2.68. The fourth-order valence-electron chi connectivity index (χ4n) is 2.83. The molecule has 1 fully saturated rings. The van der Waals surface area contributed by atoms with Crippen LogP contribution in [0.3, 0.4) is 0 Å². The molecule has 0 spiro atoms. The number of nitrogens with one attached hydrogen (secondary N) is 1. The summed E-state index contributed by atoms with van der Waals surface area (Å²) in [5, 5.41) is 4.02. The topological polar surface area (TPSA) is 42.0 Å². The van der Waals surface area contributed by atoms with Gasteiger partial charge in [-0.25, -0.2) is 4.98 Å². The maximum Gasteiger partial charge on any atom is 0.274 e. The van der Waals surface area contributed by atoms with Crippen molar-refractivity contribution in [1.29, 1.82) is 0 Å². The van der Waals surface area contributed by atoms with Crippen LogP contribution in [0.25, 0.3) is 10.9 Å². The Kier molecular flexibility index (Phi) is 4.95. The van der Waals surface area contributed by atoms with E-state index in [-0.39, 0.29) is 5.91 Å². The van der Waals surface area contributed by atoms with Gasteiger partial charge in [-0.3, -0.25) is 4.79 Å². The number of hydrogen-bond donors (Lipinski definition) is 1. The molecule has 3 nitrogen and oxygen atoms in total. The number of fused-ring (bicyclic) bond motifs is 1. The quantitative estimate of drug-likeness (QED) is 0.678. The number of carbonyl (C=O) groups excluding carboxylic acids is 1. The lowest BCUT2D eigenvalue weighted by molar-refractivity contribution is 0.102. The number of amides is 1. The molecule has 126 valence electrons. The van der Waals surface area contributed by atoms with Gasteiger partial charge in [-0.05, 0) is 47.8 Å². The highest BCUT2D eigenvalue weighted by atomic mass is 32.2. The Hall–Kier alpha value is -1.98. The van der Waals surface area contributed by atoms with Crippen molar-refractivity contribution < 1.29 is 4.79 Å². The second kappa shape index (κ2) is 7.50. The van der Waals surface area contributed by atoms with E-state index in [2.05, 4.69) is 22.4 Å². The van der Waals surface area contributed by atoms with Crippen LogP contribution in [-0.4, -0.2) is 22.4 Å². The van der Waals surface area contributed by atoms with Crippen LogP contribution in [0, 0.1) is 0 Å². The number of para-hydroxylation sites is 1. The molecule has 1 N–H and O–H groups in total. The third-order valence-corrected chi connectivity index (χ3v) is 7.09. The SMILES string of the molecule is O=C(Nc1cccc(C2SCCCS2)c1)c1ccc2ccccc2n1. The highest BCUT2D eigenvalue weighted by Gasteiger charge is 2.17. The summed E-state index contributed by atoms with van der Waals surface area (Å²) in [6.07, 6.45) is 1.27. The van der Waals surface area contributed by atoms with Crippen LogP contribution in [0.2, 0.25) is 0 Å². The van der Waals surface area contributed by atoms with Crippen LogP contribution >= 0.6 is 23.5 Å². The molecule has 1 aromatic heterocycles. The first kappa shape index (κ1) is 16.5. The van der Waals surface area contributed by atoms with Crippen molar-refractivity contribution in [2.24, 2.45) is 0 Å². The lowest BCUT2D eigenvalue weighted by atomic mass is 10.2. The van der Waals surface area contributed by atoms with E-state index < -0.39 is 0 Å². The van der Waals surface area contributed by atoms with Gasteiger partial charge in [0.2, 0.25) is 0 Å². The first-order chi connectivity index (χ1) is 12.3. The summed E-state index contributed by atoms with van der Waals surface area (Å²) >= 11 is 3.96. The molecule has 1 amide bonds. The largest absolute Gasteiger partial charge is 0.321 e. The van der Waals surface area contributed by atoms with Crippen molar-refractivity contribution in [3.05, 3.63) is 71.9 Å². The molecular formula is C20H18N2OS2. The van der Waals surface area contributed by atoms with E-state index in [0.29, 0.717) is 10.3 Å². The molecule has 2 heterocycles. The van der Waals surface area contributed by atoms with Gasteiger partial charge in [0.1, 0.15) is 5.69 Å². The van der Waals surface area contributed by atoms with E-state index in [1.807, 2.05) is 66.0 Å². The van der Waals surface area contributed by atoms with Gasteiger partial charge in [0.05, 0.1) is 10.1 Å². The van der Waals surface area contributed by atoms with Crippen LogP contribution in [-0.2, 0) is 0 Å². The van der Waals surface area contributed by atoms with E-state index in [4.69, 9.17) is 0 Å². The summed E-state index contributed by atoms with van der Waals surface area (Å²) in [6.45, 7) is 0. The van der Waals surface area contributed by atoms with Crippen LogP contribution in [0.4, 0.5) is 5.69 Å². The predicted molar refractivity (Wildman–Crippen MR) is 108 cm³/mol. The number of hydrogen-bond acceptors (Lipinski definition) is 4. The van der Waals surface area contributed by atoms with Crippen molar-refractivity contribution >= 4 is 46.0 Å². The number of pyridine rings is 1. The van der Waals surface area contributed by atoms with Crippen molar-refractivity contribution in [2.45, 2.75) is 11.0 Å². The molecule has 2 aromatic carbocycles. The van der Waals surface area contributed by atoms with Crippen LogP contribution in [0.15, 0.2) is 60.7 Å². The molecule has 5 heteroatoms. The van der Waals surface area contributed by atoms with Crippen LogP contribution < -0.4 is 5.32 Å². The van der Waals surface area contributed by atoms with Gasteiger partial charge >= 0.3 is 0 Å². The maximum absolute atomic E-state index is 12.6. The lowest BCUT2D eigenvalue weighted by Crippen LogP contribution is -2.14. The van der Waals surface area contributed by atoms with Gasteiger partial charge in [0.15, 0.2) is 0 Å². The maximum atomic E-state index is 12.6. The fourth-order valence-corrected chi connectivity index (χ4v) is 5.70. The molecule has 4 rings (SSSR count). The number of thioether (sulfide) groups is 2. The van der Waals surface area contributed by atoms with Crippen LogP contribution in [0.1, 0.15) is 27.1 Å². The zero-order chi connectivity index (χ0) is 17.1. The molecular weight excluding hydrogens is 348 g/mol. The van der Waals surface area contributed by atoms with Crippen molar-refractivity contribution in [3.8, 4) is 0 Å². The third-order valence-electron chi connectivity index (χ3n) is 4.07. The molecule has 25 heavy (non-hydrogen) atoms. The Bertz CT molecular complexity index is 907. The first-order valence-corrected chi connectivity index (χ1v) is 10.4. The normalized spacial score (nSPS) is 15.2. The average molecular weight is 367 g/mol. The van der Waals surface area contributed by atoms with E-state index in [1.54, 1.807) is 6.07 Å². The molecule has 0 radical (unpaired) electrons. The Morgan fingerprint density at radius 2 is 1.84 bits per heavy atom. The summed E-state index contributed by atoms with van der Waals surface area (Å²) in [4.78, 5) is 17.0. The zero-order valence-electron chi connectivity index (χ0n) is 13.6. The number of aromatic nitrogens is 1. The number of benzene rings is 2. The minimum Gasteiger partial charge on any atom is -0.321 e. The molecule has 0 unspecified atom stereocenters. The second-order valence-electron chi connectivity index (χ2n) is 5.90. The Balaban J connectivity index is 1.53.